The third kappa shape index (κ3) is 6.26. The van der Waals surface area contributed by atoms with Gasteiger partial charge in [0.1, 0.15) is 0 Å². The van der Waals surface area contributed by atoms with E-state index in [1.54, 1.807) is 6.20 Å². The van der Waals surface area contributed by atoms with E-state index in [9.17, 15) is 0 Å². The van der Waals surface area contributed by atoms with Gasteiger partial charge in [-0.05, 0) is 24.5 Å². The van der Waals surface area contributed by atoms with Crippen molar-refractivity contribution in [2.75, 3.05) is 0 Å². The molecule has 0 atom stereocenters. The van der Waals surface area contributed by atoms with E-state index in [-0.39, 0.29) is 0 Å². The zero-order chi connectivity index (χ0) is 12.7. The van der Waals surface area contributed by atoms with E-state index in [1.807, 2.05) is 12.3 Å². The first-order valence-electron chi connectivity index (χ1n) is 5.18. The lowest BCUT2D eigenvalue weighted by atomic mass is 10.3. The maximum Gasteiger partial charge on any atom is 0.414 e. The Bertz CT molecular complexity index is 364. The van der Waals surface area contributed by atoms with E-state index in [1.165, 1.54) is 18.4 Å². The van der Waals surface area contributed by atoms with Crippen molar-refractivity contribution in [3.8, 4) is 0 Å². The van der Waals surface area contributed by atoms with E-state index in [0.717, 1.165) is 12.6 Å². The molecule has 6 heteroatoms. The maximum absolute atomic E-state index is 9.10. The molecule has 0 bridgehead atoms. The SMILES string of the molecule is O=C(O)C(=O)O.c1cncc(CNC2CC2)c1. The highest BCUT2D eigenvalue weighted by atomic mass is 16.4. The van der Waals surface area contributed by atoms with Crippen LogP contribution >= 0.6 is 0 Å². The van der Waals surface area contributed by atoms with Crippen molar-refractivity contribution in [1.29, 1.82) is 0 Å². The second kappa shape index (κ2) is 6.59. The first-order valence-corrected chi connectivity index (χ1v) is 5.18. The molecular formula is C11H14N2O4. The summed E-state index contributed by atoms with van der Waals surface area (Å²) >= 11 is 0. The lowest BCUT2D eigenvalue weighted by Crippen LogP contribution is -2.15. The number of aromatic nitrogens is 1. The molecule has 1 saturated carbocycles. The Morgan fingerprint density at radius 2 is 2.00 bits per heavy atom. The van der Waals surface area contributed by atoms with E-state index >= 15 is 0 Å². The van der Waals surface area contributed by atoms with Crippen molar-refractivity contribution in [2.45, 2.75) is 25.4 Å². The zero-order valence-corrected chi connectivity index (χ0v) is 9.17. The number of pyridine rings is 1. The van der Waals surface area contributed by atoms with Gasteiger partial charge < -0.3 is 15.5 Å². The Hall–Kier alpha value is -1.95. The summed E-state index contributed by atoms with van der Waals surface area (Å²) in [4.78, 5) is 22.2. The van der Waals surface area contributed by atoms with Crippen LogP contribution in [0.3, 0.4) is 0 Å². The summed E-state index contributed by atoms with van der Waals surface area (Å²) in [6.45, 7) is 0.971. The largest absolute Gasteiger partial charge is 0.473 e. The maximum atomic E-state index is 9.10. The minimum atomic E-state index is -1.82. The molecule has 6 nitrogen and oxygen atoms in total. The second-order valence-electron chi connectivity index (χ2n) is 3.63. The number of nitrogens with zero attached hydrogens (tertiary/aromatic N) is 1. The normalized spacial score (nSPS) is 13.4. The molecule has 92 valence electrons. The lowest BCUT2D eigenvalue weighted by Gasteiger charge is -2.00. The highest BCUT2D eigenvalue weighted by Gasteiger charge is 2.19. The molecule has 0 radical (unpaired) electrons. The summed E-state index contributed by atoms with van der Waals surface area (Å²) in [5.74, 6) is -3.65. The van der Waals surface area contributed by atoms with Crippen LogP contribution in [0.1, 0.15) is 18.4 Å². The third-order valence-electron chi connectivity index (χ3n) is 2.08. The molecule has 0 spiro atoms. The topological polar surface area (TPSA) is 99.5 Å². The van der Waals surface area contributed by atoms with Crippen LogP contribution in [0.15, 0.2) is 24.5 Å². The van der Waals surface area contributed by atoms with Gasteiger partial charge in [-0.1, -0.05) is 6.07 Å². The van der Waals surface area contributed by atoms with Crippen molar-refractivity contribution in [3.63, 3.8) is 0 Å². The summed E-state index contributed by atoms with van der Waals surface area (Å²) in [6.07, 6.45) is 6.41. The fourth-order valence-corrected chi connectivity index (χ4v) is 1.05. The molecule has 1 fully saturated rings. The van der Waals surface area contributed by atoms with Crippen LogP contribution in [-0.4, -0.2) is 33.2 Å². The average Bonchev–Trinajstić information content (AvgIpc) is 3.12. The molecule has 0 aliphatic heterocycles. The van der Waals surface area contributed by atoms with Gasteiger partial charge in [-0.2, -0.15) is 0 Å². The molecule has 1 aliphatic rings. The first kappa shape index (κ1) is 13.1. The summed E-state index contributed by atoms with van der Waals surface area (Å²) in [6, 6.07) is 4.86. The molecule has 0 amide bonds. The van der Waals surface area contributed by atoms with Gasteiger partial charge in [0.15, 0.2) is 0 Å². The lowest BCUT2D eigenvalue weighted by molar-refractivity contribution is -0.159. The number of rotatable bonds is 3. The van der Waals surface area contributed by atoms with E-state index < -0.39 is 11.9 Å². The predicted octanol–water partition coefficient (Wildman–Crippen LogP) is 0.489. The molecule has 0 aromatic carbocycles. The molecule has 1 aliphatic carbocycles. The van der Waals surface area contributed by atoms with Crippen molar-refractivity contribution >= 4 is 11.9 Å². The van der Waals surface area contributed by atoms with Crippen LogP contribution in [0, 0.1) is 0 Å². The Balaban J connectivity index is 0.000000209. The number of aliphatic carboxylic acids is 2. The van der Waals surface area contributed by atoms with Crippen LogP contribution in [0.4, 0.5) is 0 Å². The quantitative estimate of drug-likeness (QED) is 0.663. The van der Waals surface area contributed by atoms with Crippen LogP contribution in [-0.2, 0) is 16.1 Å². The molecular weight excluding hydrogens is 224 g/mol. The molecule has 1 aromatic rings. The van der Waals surface area contributed by atoms with Gasteiger partial charge in [0.25, 0.3) is 0 Å². The molecule has 1 heterocycles. The molecule has 3 N–H and O–H groups in total. The number of carboxylic acids is 2. The summed E-state index contributed by atoms with van der Waals surface area (Å²) in [5, 5.41) is 18.2. The fourth-order valence-electron chi connectivity index (χ4n) is 1.05. The summed E-state index contributed by atoms with van der Waals surface area (Å²) < 4.78 is 0. The van der Waals surface area contributed by atoms with Gasteiger partial charge in [0.2, 0.25) is 0 Å². The van der Waals surface area contributed by atoms with Gasteiger partial charge in [0, 0.05) is 25.0 Å². The summed E-state index contributed by atoms with van der Waals surface area (Å²) in [7, 11) is 0. The number of carbonyl (C=O) groups is 2. The number of nitrogens with one attached hydrogen (secondary N) is 1. The molecule has 0 unspecified atom stereocenters. The molecule has 2 rings (SSSR count). The van der Waals surface area contributed by atoms with Gasteiger partial charge >= 0.3 is 11.9 Å². The Morgan fingerprint density at radius 3 is 2.41 bits per heavy atom. The minimum Gasteiger partial charge on any atom is -0.473 e. The standard InChI is InChI=1S/C9H12N2.C2H2O4/c1-2-8(6-10-5-1)7-11-9-3-4-9;3-1(4)2(5)6/h1-2,5-6,9,11H,3-4,7H2;(H,3,4)(H,5,6). The highest BCUT2D eigenvalue weighted by Crippen LogP contribution is 2.18. The predicted molar refractivity (Wildman–Crippen MR) is 59.4 cm³/mol. The van der Waals surface area contributed by atoms with Gasteiger partial charge in [-0.25, -0.2) is 9.59 Å². The van der Waals surface area contributed by atoms with Crippen molar-refractivity contribution in [1.82, 2.24) is 10.3 Å². The first-order chi connectivity index (χ1) is 8.09. The second-order valence-corrected chi connectivity index (χ2v) is 3.63. The van der Waals surface area contributed by atoms with Crippen LogP contribution in [0.25, 0.3) is 0 Å². The average molecular weight is 238 g/mol. The zero-order valence-electron chi connectivity index (χ0n) is 9.17. The van der Waals surface area contributed by atoms with Crippen molar-refractivity contribution in [3.05, 3.63) is 30.1 Å². The van der Waals surface area contributed by atoms with Gasteiger partial charge in [-0.3, -0.25) is 4.98 Å². The monoisotopic (exact) mass is 238 g/mol. The molecule has 0 saturated heterocycles. The number of hydrogen-bond acceptors (Lipinski definition) is 4. The van der Waals surface area contributed by atoms with Crippen molar-refractivity contribution < 1.29 is 19.8 Å². The van der Waals surface area contributed by atoms with E-state index in [2.05, 4.69) is 16.4 Å². The third-order valence-corrected chi connectivity index (χ3v) is 2.08. The Morgan fingerprint density at radius 1 is 1.35 bits per heavy atom. The summed E-state index contributed by atoms with van der Waals surface area (Å²) in [5.41, 5.74) is 1.28. The van der Waals surface area contributed by atoms with Crippen LogP contribution < -0.4 is 5.32 Å². The number of hydrogen-bond donors (Lipinski definition) is 3. The Kier molecular flexibility index (Phi) is 5.09. The van der Waals surface area contributed by atoms with Crippen LogP contribution in [0.2, 0.25) is 0 Å². The molecule has 1 aromatic heterocycles. The van der Waals surface area contributed by atoms with E-state index in [4.69, 9.17) is 19.8 Å². The van der Waals surface area contributed by atoms with Gasteiger partial charge in [0.05, 0.1) is 0 Å². The van der Waals surface area contributed by atoms with E-state index in [0.29, 0.717) is 0 Å². The van der Waals surface area contributed by atoms with Crippen molar-refractivity contribution in [2.24, 2.45) is 0 Å². The minimum absolute atomic E-state index is 0.787. The smallest absolute Gasteiger partial charge is 0.414 e. The Labute approximate surface area is 98.3 Å². The number of carboxylic acid groups (broad SMARTS) is 2. The fraction of sp³-hybridized carbons (Fsp3) is 0.364. The van der Waals surface area contributed by atoms with Gasteiger partial charge in [-0.15, -0.1) is 0 Å². The highest BCUT2D eigenvalue weighted by molar-refractivity contribution is 6.27. The molecule has 17 heavy (non-hydrogen) atoms. The van der Waals surface area contributed by atoms with Crippen LogP contribution in [0.5, 0.6) is 0 Å².